The van der Waals surface area contributed by atoms with Gasteiger partial charge >= 0.3 is 0 Å². The molecule has 0 spiro atoms. The highest BCUT2D eigenvalue weighted by Crippen LogP contribution is 2.14. The first-order chi connectivity index (χ1) is 13.9. The summed E-state index contributed by atoms with van der Waals surface area (Å²) in [7, 11) is 0. The summed E-state index contributed by atoms with van der Waals surface area (Å²) in [6.07, 6.45) is 1.85. The number of unbranched alkanes of at least 4 members (excludes halogenated alkanes) is 1. The van der Waals surface area contributed by atoms with Crippen LogP contribution in [-0.4, -0.2) is 35.9 Å². The summed E-state index contributed by atoms with van der Waals surface area (Å²) in [5.41, 5.74) is 1.77. The number of amides is 2. The second-order valence-electron chi connectivity index (χ2n) is 7.07. The lowest BCUT2D eigenvalue weighted by atomic mass is 10.1. The average molecular weight is 400 g/mol. The van der Waals surface area contributed by atoms with Gasteiger partial charge in [-0.1, -0.05) is 37.6 Å². The van der Waals surface area contributed by atoms with E-state index in [2.05, 4.69) is 5.32 Å². The van der Waals surface area contributed by atoms with Crippen LogP contribution in [0.2, 0.25) is 0 Å². The van der Waals surface area contributed by atoms with E-state index in [0.29, 0.717) is 12.3 Å². The van der Waals surface area contributed by atoms with Crippen LogP contribution >= 0.6 is 0 Å². The minimum Gasteiger partial charge on any atom is -0.484 e. The maximum Gasteiger partial charge on any atom is 0.261 e. The van der Waals surface area contributed by atoms with Gasteiger partial charge in [0, 0.05) is 13.1 Å². The fourth-order valence-corrected chi connectivity index (χ4v) is 2.84. The Morgan fingerprint density at radius 1 is 1.17 bits per heavy atom. The molecular formula is C23H29FN2O3. The largest absolute Gasteiger partial charge is 0.484 e. The molecule has 5 nitrogen and oxygen atoms in total. The Hall–Kier alpha value is -2.89. The van der Waals surface area contributed by atoms with E-state index in [4.69, 9.17) is 4.74 Å². The minimum atomic E-state index is -0.675. The SMILES string of the molecule is CCCCNC(=O)[C@@H](C)N(Cc1ccc(F)cc1)C(=O)COc1cccc(C)c1. The molecule has 0 aliphatic heterocycles. The van der Waals surface area contributed by atoms with Crippen LogP contribution in [0.25, 0.3) is 0 Å². The van der Waals surface area contributed by atoms with Crippen molar-refractivity contribution in [1.29, 1.82) is 0 Å². The van der Waals surface area contributed by atoms with Gasteiger partial charge in [0.25, 0.3) is 5.91 Å². The molecule has 0 unspecified atom stereocenters. The Bertz CT molecular complexity index is 808. The van der Waals surface area contributed by atoms with E-state index >= 15 is 0 Å². The van der Waals surface area contributed by atoms with Crippen molar-refractivity contribution in [3.05, 3.63) is 65.5 Å². The number of hydrogen-bond acceptors (Lipinski definition) is 3. The topological polar surface area (TPSA) is 58.6 Å². The number of halogens is 1. The van der Waals surface area contributed by atoms with Gasteiger partial charge in [-0.2, -0.15) is 0 Å². The number of benzene rings is 2. The van der Waals surface area contributed by atoms with Gasteiger partial charge in [0.1, 0.15) is 17.6 Å². The molecule has 0 aliphatic carbocycles. The van der Waals surface area contributed by atoms with Crippen molar-refractivity contribution in [1.82, 2.24) is 10.2 Å². The quantitative estimate of drug-likeness (QED) is 0.617. The van der Waals surface area contributed by atoms with Crippen LogP contribution in [0.3, 0.4) is 0 Å². The molecule has 0 heterocycles. The fourth-order valence-electron chi connectivity index (χ4n) is 2.84. The Balaban J connectivity index is 2.10. The second kappa shape index (κ2) is 11.2. The highest BCUT2D eigenvalue weighted by Gasteiger charge is 2.26. The van der Waals surface area contributed by atoms with E-state index < -0.39 is 6.04 Å². The van der Waals surface area contributed by atoms with E-state index in [9.17, 15) is 14.0 Å². The number of hydrogen-bond donors (Lipinski definition) is 1. The Morgan fingerprint density at radius 3 is 2.55 bits per heavy atom. The Kier molecular flexibility index (Phi) is 8.65. The molecule has 2 amide bonds. The summed E-state index contributed by atoms with van der Waals surface area (Å²) in [6, 6.07) is 12.7. The molecule has 0 aromatic heterocycles. The highest BCUT2D eigenvalue weighted by atomic mass is 19.1. The molecule has 29 heavy (non-hydrogen) atoms. The molecule has 0 fully saturated rings. The number of nitrogens with one attached hydrogen (secondary N) is 1. The molecule has 2 aromatic carbocycles. The predicted octanol–water partition coefficient (Wildman–Crippen LogP) is 3.85. The van der Waals surface area contributed by atoms with Crippen LogP contribution in [0.15, 0.2) is 48.5 Å². The summed E-state index contributed by atoms with van der Waals surface area (Å²) in [5.74, 6) is -0.279. The molecule has 1 N–H and O–H groups in total. The number of carbonyl (C=O) groups is 2. The van der Waals surface area contributed by atoms with Crippen molar-refractivity contribution in [3.8, 4) is 5.75 Å². The van der Waals surface area contributed by atoms with Crippen molar-refractivity contribution in [2.45, 2.75) is 46.2 Å². The maximum atomic E-state index is 13.2. The lowest BCUT2D eigenvalue weighted by Crippen LogP contribution is -2.49. The first kappa shape index (κ1) is 22.4. The van der Waals surface area contributed by atoms with Gasteiger partial charge in [-0.05, 0) is 55.7 Å². The lowest BCUT2D eigenvalue weighted by molar-refractivity contribution is -0.142. The molecule has 0 saturated heterocycles. The van der Waals surface area contributed by atoms with Gasteiger partial charge in [0.05, 0.1) is 0 Å². The average Bonchev–Trinajstić information content (AvgIpc) is 2.71. The van der Waals surface area contributed by atoms with Gasteiger partial charge in [0.15, 0.2) is 6.61 Å². The summed E-state index contributed by atoms with van der Waals surface area (Å²) in [5, 5.41) is 2.86. The third-order valence-electron chi connectivity index (χ3n) is 4.61. The third-order valence-corrected chi connectivity index (χ3v) is 4.61. The van der Waals surface area contributed by atoms with Crippen LogP contribution < -0.4 is 10.1 Å². The molecule has 2 rings (SSSR count). The van der Waals surface area contributed by atoms with Gasteiger partial charge in [0.2, 0.25) is 5.91 Å². The maximum absolute atomic E-state index is 13.2. The first-order valence-corrected chi connectivity index (χ1v) is 9.91. The predicted molar refractivity (Wildman–Crippen MR) is 111 cm³/mol. The third kappa shape index (κ3) is 7.22. The molecule has 0 bridgehead atoms. The molecular weight excluding hydrogens is 371 g/mol. The fraction of sp³-hybridized carbons (Fsp3) is 0.391. The van der Waals surface area contributed by atoms with Gasteiger partial charge < -0.3 is 15.0 Å². The van der Waals surface area contributed by atoms with Gasteiger partial charge in [-0.25, -0.2) is 4.39 Å². The van der Waals surface area contributed by atoms with Crippen LogP contribution in [0.4, 0.5) is 4.39 Å². The number of rotatable bonds is 10. The normalized spacial score (nSPS) is 11.6. The van der Waals surface area contributed by atoms with Crippen molar-refractivity contribution >= 4 is 11.8 Å². The zero-order chi connectivity index (χ0) is 21.2. The van der Waals surface area contributed by atoms with E-state index in [-0.39, 0.29) is 30.8 Å². The van der Waals surface area contributed by atoms with E-state index in [0.717, 1.165) is 24.0 Å². The van der Waals surface area contributed by atoms with Crippen molar-refractivity contribution < 1.29 is 18.7 Å². The zero-order valence-corrected chi connectivity index (χ0v) is 17.3. The lowest BCUT2D eigenvalue weighted by Gasteiger charge is -2.28. The van der Waals surface area contributed by atoms with Crippen molar-refractivity contribution in [2.24, 2.45) is 0 Å². The number of nitrogens with zero attached hydrogens (tertiary/aromatic N) is 1. The molecule has 6 heteroatoms. The van der Waals surface area contributed by atoms with Crippen LogP contribution in [-0.2, 0) is 16.1 Å². The summed E-state index contributed by atoms with van der Waals surface area (Å²) in [4.78, 5) is 26.9. The van der Waals surface area contributed by atoms with E-state index in [1.54, 1.807) is 25.1 Å². The van der Waals surface area contributed by atoms with Crippen LogP contribution in [0.1, 0.15) is 37.8 Å². The molecule has 1 atom stereocenters. The zero-order valence-electron chi connectivity index (χ0n) is 17.3. The second-order valence-corrected chi connectivity index (χ2v) is 7.07. The summed E-state index contributed by atoms with van der Waals surface area (Å²) in [6.45, 7) is 6.25. The number of carbonyl (C=O) groups excluding carboxylic acids is 2. The highest BCUT2D eigenvalue weighted by molar-refractivity contribution is 5.87. The number of ether oxygens (including phenoxy) is 1. The first-order valence-electron chi connectivity index (χ1n) is 9.91. The minimum absolute atomic E-state index is 0.183. The van der Waals surface area contributed by atoms with Crippen molar-refractivity contribution in [2.75, 3.05) is 13.2 Å². The molecule has 0 saturated carbocycles. The Labute approximate surface area is 171 Å². The van der Waals surface area contributed by atoms with Crippen LogP contribution in [0, 0.1) is 12.7 Å². The smallest absolute Gasteiger partial charge is 0.261 e. The summed E-state index contributed by atoms with van der Waals surface area (Å²) >= 11 is 0. The molecule has 156 valence electrons. The monoisotopic (exact) mass is 400 g/mol. The molecule has 0 radical (unpaired) electrons. The van der Waals surface area contributed by atoms with Crippen LogP contribution in [0.5, 0.6) is 5.75 Å². The van der Waals surface area contributed by atoms with Gasteiger partial charge in [-0.3, -0.25) is 9.59 Å². The van der Waals surface area contributed by atoms with E-state index in [1.165, 1.54) is 17.0 Å². The van der Waals surface area contributed by atoms with E-state index in [1.807, 2.05) is 32.0 Å². The van der Waals surface area contributed by atoms with Crippen molar-refractivity contribution in [3.63, 3.8) is 0 Å². The summed E-state index contributed by atoms with van der Waals surface area (Å²) < 4.78 is 18.9. The molecule has 0 aliphatic rings. The Morgan fingerprint density at radius 2 is 1.90 bits per heavy atom. The molecule has 2 aromatic rings. The standard InChI is InChI=1S/C23H29FN2O3/c1-4-5-13-25-23(28)18(3)26(15-19-9-11-20(24)12-10-19)22(27)16-29-21-8-6-7-17(2)14-21/h6-12,14,18H,4-5,13,15-16H2,1-3H3,(H,25,28)/t18-/m1/s1. The number of aryl methyl sites for hydroxylation is 1. The van der Waals surface area contributed by atoms with Gasteiger partial charge in [-0.15, -0.1) is 0 Å².